The van der Waals surface area contributed by atoms with Gasteiger partial charge in [-0.2, -0.15) is 13.2 Å². The van der Waals surface area contributed by atoms with Crippen LogP contribution in [0.5, 0.6) is 0 Å². The number of halogens is 4. The van der Waals surface area contributed by atoms with E-state index in [1.165, 1.54) is 18.3 Å². The molecule has 0 heterocycles. The minimum absolute atomic E-state index is 0.139. The zero-order chi connectivity index (χ0) is 19.3. The number of alkyl halides is 3. The van der Waals surface area contributed by atoms with Crippen molar-refractivity contribution in [1.29, 1.82) is 0 Å². The number of hydrogen-bond acceptors (Lipinski definition) is 1. The minimum Gasteiger partial charge on any atom is -0.347 e. The number of allylic oxidation sites excluding steroid dienone is 2. The van der Waals surface area contributed by atoms with Gasteiger partial charge in [0.1, 0.15) is 0 Å². The number of rotatable bonds is 5. The van der Waals surface area contributed by atoms with Crippen LogP contribution in [0, 0.1) is 0 Å². The lowest BCUT2D eigenvalue weighted by Gasteiger charge is -2.26. The average molecular weight is 366 g/mol. The van der Waals surface area contributed by atoms with Crippen LogP contribution in [0.25, 0.3) is 0 Å². The molecule has 0 saturated heterocycles. The molecule has 0 N–H and O–H groups in total. The molecule has 2 rings (SSSR count). The summed E-state index contributed by atoms with van der Waals surface area (Å²) in [6.45, 7) is 5.40. The van der Waals surface area contributed by atoms with Crippen LogP contribution in [0.3, 0.4) is 0 Å². The standard InChI is InChI=1S/C20H22F4N2/c1-4-5-12-25-19(18(21)14(2)3)26(17-10-11-17)13-15-6-8-16(9-7-15)20(22,23)24/h4,6-9,12,17H,10-11,13H2,1-3H3. The van der Waals surface area contributed by atoms with E-state index in [-0.39, 0.29) is 11.9 Å². The number of hydrogen-bond donors (Lipinski definition) is 0. The fourth-order valence-electron chi connectivity index (χ4n) is 2.41. The van der Waals surface area contributed by atoms with Gasteiger partial charge >= 0.3 is 6.18 Å². The maximum atomic E-state index is 14.7. The third kappa shape index (κ3) is 5.33. The molecular formula is C20H22F4N2. The van der Waals surface area contributed by atoms with Crippen molar-refractivity contribution in [3.05, 3.63) is 64.8 Å². The maximum absolute atomic E-state index is 14.7. The van der Waals surface area contributed by atoms with E-state index in [0.717, 1.165) is 25.0 Å². The lowest BCUT2D eigenvalue weighted by atomic mass is 10.1. The predicted molar refractivity (Wildman–Crippen MR) is 95.3 cm³/mol. The Bertz CT molecular complexity index is 743. The van der Waals surface area contributed by atoms with E-state index in [4.69, 9.17) is 0 Å². The Hall–Kier alpha value is -2.33. The molecule has 140 valence electrons. The van der Waals surface area contributed by atoms with Crippen molar-refractivity contribution in [3.63, 3.8) is 0 Å². The average Bonchev–Trinajstić information content (AvgIpc) is 3.41. The lowest BCUT2D eigenvalue weighted by molar-refractivity contribution is -0.137. The van der Waals surface area contributed by atoms with Crippen LogP contribution in [-0.2, 0) is 12.7 Å². The van der Waals surface area contributed by atoms with Gasteiger partial charge in [0.25, 0.3) is 0 Å². The number of nitrogens with zero attached hydrogens (tertiary/aromatic N) is 2. The first kappa shape index (κ1) is 20.0. The first-order valence-electron chi connectivity index (χ1n) is 8.43. The predicted octanol–water partition coefficient (Wildman–Crippen LogP) is 6.02. The van der Waals surface area contributed by atoms with Gasteiger partial charge in [-0.1, -0.05) is 12.1 Å². The summed E-state index contributed by atoms with van der Waals surface area (Å²) in [5.41, 5.74) is 3.27. The molecule has 0 aliphatic heterocycles. The Balaban J connectivity index is 2.33. The largest absolute Gasteiger partial charge is 0.416 e. The Kier molecular flexibility index (Phi) is 6.43. The van der Waals surface area contributed by atoms with Crippen LogP contribution in [-0.4, -0.2) is 16.8 Å². The zero-order valence-electron chi connectivity index (χ0n) is 15.1. The van der Waals surface area contributed by atoms with Crippen LogP contribution in [0.2, 0.25) is 0 Å². The van der Waals surface area contributed by atoms with E-state index < -0.39 is 17.6 Å². The van der Waals surface area contributed by atoms with Crippen molar-refractivity contribution in [2.75, 3.05) is 0 Å². The molecule has 1 aliphatic rings. The molecule has 0 unspecified atom stereocenters. The first-order chi connectivity index (χ1) is 12.2. The molecule has 0 atom stereocenters. The van der Waals surface area contributed by atoms with E-state index in [1.54, 1.807) is 26.8 Å². The number of amidine groups is 1. The molecule has 0 spiro atoms. The minimum atomic E-state index is -4.37. The van der Waals surface area contributed by atoms with Crippen LogP contribution in [0.4, 0.5) is 17.6 Å². The van der Waals surface area contributed by atoms with Crippen molar-refractivity contribution < 1.29 is 17.6 Å². The van der Waals surface area contributed by atoms with Gasteiger partial charge < -0.3 is 4.90 Å². The number of aliphatic imine (C=N–C) groups is 1. The maximum Gasteiger partial charge on any atom is 0.416 e. The Morgan fingerprint density at radius 3 is 2.31 bits per heavy atom. The molecule has 0 amide bonds. The Morgan fingerprint density at radius 1 is 1.23 bits per heavy atom. The summed E-state index contributed by atoms with van der Waals surface area (Å²) in [5.74, 6) is -0.222. The van der Waals surface area contributed by atoms with Crippen molar-refractivity contribution in [2.45, 2.75) is 52.4 Å². The highest BCUT2D eigenvalue weighted by atomic mass is 19.4. The fourth-order valence-corrected chi connectivity index (χ4v) is 2.41. The number of benzene rings is 1. The van der Waals surface area contributed by atoms with Crippen molar-refractivity contribution >= 4 is 5.84 Å². The molecule has 1 fully saturated rings. The summed E-state index contributed by atoms with van der Waals surface area (Å²) in [5, 5.41) is 0. The van der Waals surface area contributed by atoms with Crippen LogP contribution in [0.15, 0.2) is 58.7 Å². The highest BCUT2D eigenvalue weighted by Gasteiger charge is 2.34. The zero-order valence-corrected chi connectivity index (χ0v) is 15.1. The first-order valence-corrected chi connectivity index (χ1v) is 8.43. The van der Waals surface area contributed by atoms with E-state index in [0.29, 0.717) is 17.7 Å². The third-order valence-corrected chi connectivity index (χ3v) is 3.96. The lowest BCUT2D eigenvalue weighted by Crippen LogP contribution is -2.33. The summed E-state index contributed by atoms with van der Waals surface area (Å²) in [6.07, 6.45) is 0.512. The van der Waals surface area contributed by atoms with E-state index in [2.05, 4.69) is 10.7 Å². The quantitative estimate of drug-likeness (QED) is 0.269. The summed E-state index contributed by atoms with van der Waals surface area (Å²) in [6, 6.07) is 5.10. The van der Waals surface area contributed by atoms with Gasteiger partial charge in [-0.3, -0.25) is 0 Å². The smallest absolute Gasteiger partial charge is 0.347 e. The van der Waals surface area contributed by atoms with Crippen molar-refractivity contribution in [1.82, 2.24) is 4.90 Å². The van der Waals surface area contributed by atoms with Gasteiger partial charge in [0.2, 0.25) is 0 Å². The summed E-state index contributed by atoms with van der Waals surface area (Å²) < 4.78 is 52.8. The molecule has 0 radical (unpaired) electrons. The van der Waals surface area contributed by atoms with Gasteiger partial charge in [-0.05, 0) is 63.0 Å². The fraction of sp³-hybridized carbons (Fsp3) is 0.400. The Labute approximate surface area is 151 Å². The van der Waals surface area contributed by atoms with Gasteiger partial charge in [-0.15, -0.1) is 5.73 Å². The van der Waals surface area contributed by atoms with Crippen molar-refractivity contribution in [2.24, 2.45) is 4.99 Å². The molecule has 0 bridgehead atoms. The Morgan fingerprint density at radius 2 is 1.85 bits per heavy atom. The van der Waals surface area contributed by atoms with E-state index >= 15 is 0 Å². The molecule has 26 heavy (non-hydrogen) atoms. The van der Waals surface area contributed by atoms with Crippen molar-refractivity contribution in [3.8, 4) is 0 Å². The van der Waals surface area contributed by atoms with E-state index in [1.807, 2.05) is 4.90 Å². The molecule has 6 heteroatoms. The molecular weight excluding hydrogens is 344 g/mol. The van der Waals surface area contributed by atoms with Crippen LogP contribution >= 0.6 is 0 Å². The highest BCUT2D eigenvalue weighted by molar-refractivity contribution is 5.97. The second-order valence-corrected chi connectivity index (χ2v) is 6.40. The molecule has 1 aliphatic carbocycles. The molecule has 1 aromatic carbocycles. The van der Waals surface area contributed by atoms with Crippen LogP contribution < -0.4 is 0 Å². The topological polar surface area (TPSA) is 15.6 Å². The van der Waals surface area contributed by atoms with Gasteiger partial charge in [0.15, 0.2) is 11.7 Å². The second-order valence-electron chi connectivity index (χ2n) is 6.40. The van der Waals surface area contributed by atoms with Gasteiger partial charge in [-0.25, -0.2) is 9.38 Å². The SMILES string of the molecule is CC=C=CN=C(C(F)=C(C)C)N(Cc1ccc(C(F)(F)F)cc1)C1CC1. The monoisotopic (exact) mass is 366 g/mol. The molecule has 2 nitrogen and oxygen atoms in total. The summed E-state index contributed by atoms with van der Waals surface area (Å²) >= 11 is 0. The van der Waals surface area contributed by atoms with Gasteiger partial charge in [0, 0.05) is 12.6 Å². The normalized spacial score (nSPS) is 14.5. The third-order valence-electron chi connectivity index (χ3n) is 3.96. The molecule has 0 aromatic heterocycles. The molecule has 1 aromatic rings. The van der Waals surface area contributed by atoms with Gasteiger partial charge in [0.05, 0.1) is 11.8 Å². The highest BCUT2D eigenvalue weighted by Crippen LogP contribution is 2.32. The van der Waals surface area contributed by atoms with E-state index in [9.17, 15) is 17.6 Å². The summed E-state index contributed by atoms with van der Waals surface area (Å²) in [7, 11) is 0. The molecule has 1 saturated carbocycles. The second kappa shape index (κ2) is 8.37. The summed E-state index contributed by atoms with van der Waals surface area (Å²) in [4.78, 5) is 6.03. The van der Waals surface area contributed by atoms with Crippen LogP contribution in [0.1, 0.15) is 44.7 Å².